The molecule has 10 heteroatoms. The van der Waals surface area contributed by atoms with E-state index >= 15 is 0 Å². The number of aliphatic hydroxyl groups is 1. The first-order valence-corrected chi connectivity index (χ1v) is 9.70. The summed E-state index contributed by atoms with van der Waals surface area (Å²) in [6, 6.07) is 4.00. The predicted molar refractivity (Wildman–Crippen MR) is 110 cm³/mol. The molecule has 4 rings (SSSR count). The zero-order valence-corrected chi connectivity index (χ0v) is 16.5. The van der Waals surface area contributed by atoms with E-state index in [4.69, 9.17) is 26.3 Å². The average Bonchev–Trinajstić information content (AvgIpc) is 3.11. The first-order chi connectivity index (χ1) is 14.1. The maximum atomic E-state index is 9.13. The van der Waals surface area contributed by atoms with Crippen molar-refractivity contribution >= 4 is 22.8 Å². The summed E-state index contributed by atoms with van der Waals surface area (Å²) in [7, 11) is 1.63. The highest BCUT2D eigenvalue weighted by Gasteiger charge is 2.22. The second-order valence-electron chi connectivity index (χ2n) is 7.23. The Kier molecular flexibility index (Phi) is 5.45. The van der Waals surface area contributed by atoms with E-state index in [9.17, 15) is 0 Å². The zero-order valence-electron chi connectivity index (χ0n) is 16.5. The van der Waals surface area contributed by atoms with Crippen LogP contribution in [-0.4, -0.2) is 68.1 Å². The SMILES string of the molecule is COc1ccc(C2CCN(CCO)CC2)nc1Cn1ncc2nc(N)nc(N)c21. The van der Waals surface area contributed by atoms with Crippen LogP contribution < -0.4 is 16.2 Å². The quantitative estimate of drug-likeness (QED) is 0.544. The van der Waals surface area contributed by atoms with Crippen molar-refractivity contribution in [1.29, 1.82) is 0 Å². The number of nitrogens with two attached hydrogens (primary N) is 2. The number of anilines is 2. The van der Waals surface area contributed by atoms with E-state index < -0.39 is 0 Å². The number of hydrogen-bond acceptors (Lipinski definition) is 9. The molecule has 1 fully saturated rings. The third-order valence-corrected chi connectivity index (χ3v) is 5.43. The minimum atomic E-state index is 0.125. The predicted octanol–water partition coefficient (Wildman–Crippen LogP) is 0.614. The van der Waals surface area contributed by atoms with Gasteiger partial charge in [0.05, 0.1) is 26.5 Å². The highest BCUT2D eigenvalue weighted by molar-refractivity contribution is 5.85. The Morgan fingerprint density at radius 2 is 1.97 bits per heavy atom. The van der Waals surface area contributed by atoms with Gasteiger partial charge in [-0.2, -0.15) is 10.1 Å². The van der Waals surface area contributed by atoms with E-state index in [-0.39, 0.29) is 18.4 Å². The van der Waals surface area contributed by atoms with Gasteiger partial charge in [0.15, 0.2) is 5.82 Å². The standard InChI is InChI=1S/C19H26N8O2/c1-29-16-3-2-13(12-4-6-26(7-5-12)8-9-28)23-15(16)11-27-17-14(10-22-27)24-19(21)25-18(17)20/h2-3,10,12,28H,4-9,11H2,1H3,(H4,20,21,24,25). The molecule has 0 bridgehead atoms. The van der Waals surface area contributed by atoms with Gasteiger partial charge in [0.2, 0.25) is 5.95 Å². The molecule has 3 aromatic rings. The van der Waals surface area contributed by atoms with Gasteiger partial charge in [-0.05, 0) is 38.1 Å². The van der Waals surface area contributed by atoms with Crippen LogP contribution in [0.5, 0.6) is 5.75 Å². The van der Waals surface area contributed by atoms with Crippen LogP contribution in [0.1, 0.15) is 30.1 Å². The molecule has 0 saturated carbocycles. The van der Waals surface area contributed by atoms with Crippen molar-refractivity contribution in [3.8, 4) is 5.75 Å². The molecule has 3 aromatic heterocycles. The molecule has 1 saturated heterocycles. The van der Waals surface area contributed by atoms with Crippen LogP contribution in [-0.2, 0) is 6.54 Å². The minimum absolute atomic E-state index is 0.125. The van der Waals surface area contributed by atoms with Crippen LogP contribution in [0.2, 0.25) is 0 Å². The molecule has 29 heavy (non-hydrogen) atoms. The number of aliphatic hydroxyl groups excluding tert-OH is 1. The van der Waals surface area contributed by atoms with Gasteiger partial charge in [-0.1, -0.05) is 0 Å². The molecule has 0 radical (unpaired) electrons. The Labute approximate surface area is 168 Å². The Morgan fingerprint density at radius 3 is 2.69 bits per heavy atom. The lowest BCUT2D eigenvalue weighted by Crippen LogP contribution is -2.35. The Bertz CT molecular complexity index is 997. The van der Waals surface area contributed by atoms with Crippen LogP contribution >= 0.6 is 0 Å². The number of hydrogen-bond donors (Lipinski definition) is 3. The number of likely N-dealkylation sites (tertiary alicyclic amines) is 1. The number of piperidine rings is 1. The number of aromatic nitrogens is 5. The molecular formula is C19H26N8O2. The summed E-state index contributed by atoms with van der Waals surface area (Å²) in [5, 5.41) is 13.5. The van der Waals surface area contributed by atoms with Gasteiger partial charge < -0.3 is 26.2 Å². The maximum absolute atomic E-state index is 9.13. The summed E-state index contributed by atoms with van der Waals surface area (Å²) in [6.07, 6.45) is 3.66. The molecular weight excluding hydrogens is 372 g/mol. The molecule has 0 atom stereocenters. The van der Waals surface area contributed by atoms with E-state index in [1.165, 1.54) is 0 Å². The molecule has 0 unspecified atom stereocenters. The number of ether oxygens (including phenoxy) is 1. The number of β-amino-alcohol motifs (C(OH)–C–C–N with tert-alkyl or cyclic N) is 1. The normalized spacial score (nSPS) is 15.8. The van der Waals surface area contributed by atoms with Crippen molar-refractivity contribution in [3.63, 3.8) is 0 Å². The molecule has 5 N–H and O–H groups in total. The summed E-state index contributed by atoms with van der Waals surface area (Å²) in [4.78, 5) is 15.4. The molecule has 1 aliphatic heterocycles. The second kappa shape index (κ2) is 8.18. The second-order valence-corrected chi connectivity index (χ2v) is 7.23. The summed E-state index contributed by atoms with van der Waals surface area (Å²) >= 11 is 0. The van der Waals surface area contributed by atoms with Crippen molar-refractivity contribution in [2.24, 2.45) is 0 Å². The molecule has 0 aromatic carbocycles. The van der Waals surface area contributed by atoms with Crippen molar-refractivity contribution in [2.75, 3.05) is 44.8 Å². The molecule has 4 heterocycles. The summed E-state index contributed by atoms with van der Waals surface area (Å²) in [5.41, 5.74) is 14.8. The number of nitrogen functional groups attached to an aromatic ring is 2. The fourth-order valence-corrected chi connectivity index (χ4v) is 3.93. The lowest BCUT2D eigenvalue weighted by molar-refractivity contribution is 0.163. The van der Waals surface area contributed by atoms with Crippen LogP contribution in [0, 0.1) is 0 Å². The van der Waals surface area contributed by atoms with Gasteiger partial charge in [-0.25, -0.2) is 4.98 Å². The van der Waals surface area contributed by atoms with Gasteiger partial charge in [0.25, 0.3) is 0 Å². The monoisotopic (exact) mass is 398 g/mol. The maximum Gasteiger partial charge on any atom is 0.222 e. The van der Waals surface area contributed by atoms with Crippen LogP contribution in [0.25, 0.3) is 11.0 Å². The molecule has 154 valence electrons. The zero-order chi connectivity index (χ0) is 20.4. The Morgan fingerprint density at radius 1 is 1.17 bits per heavy atom. The van der Waals surface area contributed by atoms with E-state index in [0.717, 1.165) is 43.9 Å². The molecule has 0 amide bonds. The molecule has 1 aliphatic rings. The topological polar surface area (TPSA) is 141 Å². The number of nitrogens with zero attached hydrogens (tertiary/aromatic N) is 6. The minimum Gasteiger partial charge on any atom is -0.495 e. The average molecular weight is 398 g/mol. The Hall–Kier alpha value is -2.98. The van der Waals surface area contributed by atoms with E-state index in [1.807, 2.05) is 12.1 Å². The van der Waals surface area contributed by atoms with Gasteiger partial charge in [0.1, 0.15) is 22.5 Å². The van der Waals surface area contributed by atoms with Crippen LogP contribution in [0.15, 0.2) is 18.3 Å². The first-order valence-electron chi connectivity index (χ1n) is 9.70. The molecule has 10 nitrogen and oxygen atoms in total. The molecule has 0 spiro atoms. The number of fused-ring (bicyclic) bond motifs is 1. The lowest BCUT2D eigenvalue weighted by atomic mass is 9.93. The first kappa shape index (κ1) is 19.3. The van der Waals surface area contributed by atoms with Crippen LogP contribution in [0.3, 0.4) is 0 Å². The lowest BCUT2D eigenvalue weighted by Gasteiger charge is -2.31. The van der Waals surface area contributed by atoms with Gasteiger partial charge in [-0.3, -0.25) is 9.67 Å². The number of pyridine rings is 1. The fourth-order valence-electron chi connectivity index (χ4n) is 3.93. The fraction of sp³-hybridized carbons (Fsp3) is 0.474. The van der Waals surface area contributed by atoms with E-state index in [1.54, 1.807) is 18.0 Å². The van der Waals surface area contributed by atoms with E-state index in [2.05, 4.69) is 20.0 Å². The summed E-state index contributed by atoms with van der Waals surface area (Å²) in [5.74, 6) is 1.50. The Balaban J connectivity index is 1.60. The summed E-state index contributed by atoms with van der Waals surface area (Å²) in [6.45, 7) is 3.25. The highest BCUT2D eigenvalue weighted by atomic mass is 16.5. The van der Waals surface area contributed by atoms with Crippen LogP contribution in [0.4, 0.5) is 11.8 Å². The third-order valence-electron chi connectivity index (χ3n) is 5.43. The number of rotatable bonds is 6. The van der Waals surface area contributed by atoms with Crippen molar-refractivity contribution in [2.45, 2.75) is 25.3 Å². The molecule has 0 aliphatic carbocycles. The number of methoxy groups -OCH3 is 1. The highest BCUT2D eigenvalue weighted by Crippen LogP contribution is 2.30. The smallest absolute Gasteiger partial charge is 0.222 e. The third kappa shape index (κ3) is 3.94. The van der Waals surface area contributed by atoms with Gasteiger partial charge in [-0.15, -0.1) is 0 Å². The van der Waals surface area contributed by atoms with Crippen molar-refractivity contribution in [3.05, 3.63) is 29.7 Å². The van der Waals surface area contributed by atoms with Crippen molar-refractivity contribution < 1.29 is 9.84 Å². The van der Waals surface area contributed by atoms with Gasteiger partial charge in [0, 0.05) is 18.2 Å². The largest absolute Gasteiger partial charge is 0.495 e. The van der Waals surface area contributed by atoms with Crippen molar-refractivity contribution in [1.82, 2.24) is 29.6 Å². The van der Waals surface area contributed by atoms with E-state index in [0.29, 0.717) is 29.2 Å². The van der Waals surface area contributed by atoms with Gasteiger partial charge >= 0.3 is 0 Å². The summed E-state index contributed by atoms with van der Waals surface area (Å²) < 4.78 is 7.25.